The Balaban J connectivity index is 1.66. The molecular formula is C13H22N4O2. The van der Waals surface area contributed by atoms with E-state index in [2.05, 4.69) is 15.3 Å². The molecule has 1 saturated heterocycles. The molecular weight excluding hydrogens is 244 g/mol. The van der Waals surface area contributed by atoms with Gasteiger partial charge in [-0.2, -0.15) is 5.10 Å². The average Bonchev–Trinajstić information content (AvgIpc) is 2.93. The van der Waals surface area contributed by atoms with Gasteiger partial charge in [-0.25, -0.2) is 0 Å². The van der Waals surface area contributed by atoms with Gasteiger partial charge in [0.1, 0.15) is 5.69 Å². The molecule has 0 radical (unpaired) electrons. The third kappa shape index (κ3) is 4.04. The Bertz CT molecular complexity index is 399. The minimum Gasteiger partial charge on any atom is -0.379 e. The molecule has 1 aliphatic rings. The SMILES string of the molecule is CCn1nccc1C(=O)NCCCN1CCOCC1. The lowest BCUT2D eigenvalue weighted by Gasteiger charge is -2.26. The first-order chi connectivity index (χ1) is 9.31. The molecule has 2 heterocycles. The molecule has 1 aliphatic heterocycles. The van der Waals surface area contributed by atoms with Gasteiger partial charge in [-0.3, -0.25) is 14.4 Å². The van der Waals surface area contributed by atoms with E-state index in [0.29, 0.717) is 18.8 Å². The van der Waals surface area contributed by atoms with Crippen LogP contribution in [0.2, 0.25) is 0 Å². The second-order valence-electron chi connectivity index (χ2n) is 4.60. The summed E-state index contributed by atoms with van der Waals surface area (Å²) in [6, 6.07) is 1.75. The van der Waals surface area contributed by atoms with E-state index in [1.807, 2.05) is 6.92 Å². The number of aromatic nitrogens is 2. The highest BCUT2D eigenvalue weighted by Gasteiger charge is 2.12. The molecule has 0 bridgehead atoms. The summed E-state index contributed by atoms with van der Waals surface area (Å²) < 4.78 is 7.00. The predicted molar refractivity (Wildman–Crippen MR) is 72.1 cm³/mol. The van der Waals surface area contributed by atoms with Crippen molar-refractivity contribution < 1.29 is 9.53 Å². The highest BCUT2D eigenvalue weighted by molar-refractivity contribution is 5.92. The van der Waals surface area contributed by atoms with Crippen LogP contribution in [0.25, 0.3) is 0 Å². The highest BCUT2D eigenvalue weighted by atomic mass is 16.5. The summed E-state index contributed by atoms with van der Waals surface area (Å²) in [6.45, 7) is 8.03. The zero-order chi connectivity index (χ0) is 13.5. The molecule has 2 rings (SSSR count). The Morgan fingerprint density at radius 3 is 3.00 bits per heavy atom. The summed E-state index contributed by atoms with van der Waals surface area (Å²) in [5.41, 5.74) is 0.633. The number of ether oxygens (including phenoxy) is 1. The molecule has 0 aliphatic carbocycles. The van der Waals surface area contributed by atoms with Gasteiger partial charge in [0.05, 0.1) is 13.2 Å². The monoisotopic (exact) mass is 266 g/mol. The van der Waals surface area contributed by atoms with Crippen LogP contribution in [0.3, 0.4) is 0 Å². The minimum atomic E-state index is -0.0404. The van der Waals surface area contributed by atoms with Crippen LogP contribution < -0.4 is 5.32 Å². The van der Waals surface area contributed by atoms with Crippen molar-refractivity contribution in [1.29, 1.82) is 0 Å². The third-order valence-corrected chi connectivity index (χ3v) is 3.29. The van der Waals surface area contributed by atoms with E-state index < -0.39 is 0 Å². The number of hydrogen-bond donors (Lipinski definition) is 1. The quantitative estimate of drug-likeness (QED) is 0.755. The van der Waals surface area contributed by atoms with Crippen LogP contribution in [-0.2, 0) is 11.3 Å². The lowest BCUT2D eigenvalue weighted by atomic mass is 10.3. The molecule has 106 valence electrons. The fourth-order valence-electron chi connectivity index (χ4n) is 2.20. The lowest BCUT2D eigenvalue weighted by molar-refractivity contribution is 0.0374. The van der Waals surface area contributed by atoms with Crippen LogP contribution in [0.15, 0.2) is 12.3 Å². The Morgan fingerprint density at radius 2 is 2.26 bits per heavy atom. The van der Waals surface area contributed by atoms with Crippen LogP contribution >= 0.6 is 0 Å². The third-order valence-electron chi connectivity index (χ3n) is 3.29. The summed E-state index contributed by atoms with van der Waals surface area (Å²) in [7, 11) is 0. The van der Waals surface area contributed by atoms with E-state index in [0.717, 1.165) is 39.3 Å². The molecule has 6 heteroatoms. The highest BCUT2D eigenvalue weighted by Crippen LogP contribution is 2.00. The number of carbonyl (C=O) groups excluding carboxylic acids is 1. The standard InChI is InChI=1S/C13H22N4O2/c1-2-17-12(4-6-15-17)13(18)14-5-3-7-16-8-10-19-11-9-16/h4,6H,2-3,5,7-11H2,1H3,(H,14,18). The van der Waals surface area contributed by atoms with Crippen LogP contribution in [0, 0.1) is 0 Å². The van der Waals surface area contributed by atoms with Crippen LogP contribution in [-0.4, -0.2) is 60.0 Å². The van der Waals surface area contributed by atoms with Gasteiger partial charge in [0.15, 0.2) is 0 Å². The molecule has 0 saturated carbocycles. The zero-order valence-electron chi connectivity index (χ0n) is 11.5. The van der Waals surface area contributed by atoms with Crippen LogP contribution in [0.5, 0.6) is 0 Å². The first-order valence-corrected chi connectivity index (χ1v) is 6.91. The number of morpholine rings is 1. The first-order valence-electron chi connectivity index (χ1n) is 6.91. The molecule has 1 N–H and O–H groups in total. The molecule has 0 atom stereocenters. The maximum absolute atomic E-state index is 11.9. The molecule has 19 heavy (non-hydrogen) atoms. The average molecular weight is 266 g/mol. The van der Waals surface area contributed by atoms with Gasteiger partial charge in [0.2, 0.25) is 0 Å². The summed E-state index contributed by atoms with van der Waals surface area (Å²) in [5.74, 6) is -0.0404. The van der Waals surface area contributed by atoms with Crippen molar-refractivity contribution in [3.8, 4) is 0 Å². The van der Waals surface area contributed by atoms with Crippen molar-refractivity contribution in [2.24, 2.45) is 0 Å². The summed E-state index contributed by atoms with van der Waals surface area (Å²) in [5, 5.41) is 7.03. The fourth-order valence-corrected chi connectivity index (χ4v) is 2.20. The van der Waals surface area contributed by atoms with Gasteiger partial charge in [-0.1, -0.05) is 0 Å². The van der Waals surface area contributed by atoms with Crippen LogP contribution in [0.4, 0.5) is 0 Å². The summed E-state index contributed by atoms with van der Waals surface area (Å²) in [6.07, 6.45) is 2.62. The molecule has 1 aromatic rings. The molecule has 0 aromatic carbocycles. The van der Waals surface area contributed by atoms with E-state index in [4.69, 9.17) is 4.74 Å². The molecule has 0 spiro atoms. The van der Waals surface area contributed by atoms with Crippen molar-refractivity contribution in [3.05, 3.63) is 18.0 Å². The van der Waals surface area contributed by atoms with Crippen molar-refractivity contribution >= 4 is 5.91 Å². The van der Waals surface area contributed by atoms with Crippen molar-refractivity contribution in [1.82, 2.24) is 20.0 Å². The molecule has 1 amide bonds. The van der Waals surface area contributed by atoms with Crippen molar-refractivity contribution in [2.75, 3.05) is 39.4 Å². The van der Waals surface area contributed by atoms with E-state index >= 15 is 0 Å². The second kappa shape index (κ2) is 7.25. The van der Waals surface area contributed by atoms with Gasteiger partial charge in [-0.15, -0.1) is 0 Å². The number of nitrogens with one attached hydrogen (secondary N) is 1. The second-order valence-corrected chi connectivity index (χ2v) is 4.60. The van der Waals surface area contributed by atoms with E-state index in [1.54, 1.807) is 16.9 Å². The van der Waals surface area contributed by atoms with Crippen molar-refractivity contribution in [2.45, 2.75) is 19.9 Å². The molecule has 6 nitrogen and oxygen atoms in total. The van der Waals surface area contributed by atoms with Gasteiger partial charge in [-0.05, 0) is 26.0 Å². The molecule has 1 aromatic heterocycles. The van der Waals surface area contributed by atoms with E-state index in [9.17, 15) is 4.79 Å². The maximum atomic E-state index is 11.9. The Kier molecular flexibility index (Phi) is 5.35. The van der Waals surface area contributed by atoms with Crippen LogP contribution in [0.1, 0.15) is 23.8 Å². The summed E-state index contributed by atoms with van der Waals surface area (Å²) >= 11 is 0. The Morgan fingerprint density at radius 1 is 1.47 bits per heavy atom. The van der Waals surface area contributed by atoms with Gasteiger partial charge < -0.3 is 10.1 Å². The predicted octanol–water partition coefficient (Wildman–Crippen LogP) is 0.355. The number of amides is 1. The zero-order valence-corrected chi connectivity index (χ0v) is 11.5. The lowest BCUT2D eigenvalue weighted by Crippen LogP contribution is -2.38. The molecule has 0 unspecified atom stereocenters. The number of hydrogen-bond acceptors (Lipinski definition) is 4. The Labute approximate surface area is 113 Å². The van der Waals surface area contributed by atoms with E-state index in [-0.39, 0.29) is 5.91 Å². The van der Waals surface area contributed by atoms with Gasteiger partial charge in [0.25, 0.3) is 5.91 Å². The normalized spacial score (nSPS) is 16.5. The summed E-state index contributed by atoms with van der Waals surface area (Å²) in [4.78, 5) is 14.3. The minimum absolute atomic E-state index is 0.0404. The Hall–Kier alpha value is -1.40. The number of rotatable bonds is 6. The molecule has 1 fully saturated rings. The largest absolute Gasteiger partial charge is 0.379 e. The van der Waals surface area contributed by atoms with Gasteiger partial charge in [0, 0.05) is 32.4 Å². The number of aryl methyl sites for hydroxylation is 1. The smallest absolute Gasteiger partial charge is 0.269 e. The first kappa shape index (κ1) is 14.0. The van der Waals surface area contributed by atoms with Gasteiger partial charge >= 0.3 is 0 Å². The van der Waals surface area contributed by atoms with Crippen molar-refractivity contribution in [3.63, 3.8) is 0 Å². The number of carbonyl (C=O) groups is 1. The fraction of sp³-hybridized carbons (Fsp3) is 0.692. The van der Waals surface area contributed by atoms with E-state index in [1.165, 1.54) is 0 Å². The topological polar surface area (TPSA) is 59.4 Å². The number of nitrogens with zero attached hydrogens (tertiary/aromatic N) is 3. The maximum Gasteiger partial charge on any atom is 0.269 e.